The number of nitrogens with zero attached hydrogens (tertiary/aromatic N) is 2. The lowest BCUT2D eigenvalue weighted by Gasteiger charge is -2.20. The SMILES string of the molecule is CCN(Cc1cc(F)cc(Br)c1)Cc1cccc(C)n1. The Balaban J connectivity index is 2.09. The van der Waals surface area contributed by atoms with E-state index < -0.39 is 0 Å². The summed E-state index contributed by atoms with van der Waals surface area (Å²) in [5, 5.41) is 0. The normalized spacial score (nSPS) is 11.1. The zero-order valence-electron chi connectivity index (χ0n) is 11.7. The molecule has 20 heavy (non-hydrogen) atoms. The van der Waals surface area contributed by atoms with E-state index in [2.05, 4.69) is 32.7 Å². The summed E-state index contributed by atoms with van der Waals surface area (Å²) in [6.45, 7) is 6.46. The van der Waals surface area contributed by atoms with E-state index in [0.717, 1.165) is 34.5 Å². The van der Waals surface area contributed by atoms with E-state index in [0.29, 0.717) is 6.54 Å². The first-order chi connectivity index (χ1) is 9.56. The molecule has 0 N–H and O–H groups in total. The van der Waals surface area contributed by atoms with Crippen molar-refractivity contribution >= 4 is 15.9 Å². The first kappa shape index (κ1) is 15.1. The minimum Gasteiger partial charge on any atom is -0.294 e. The van der Waals surface area contributed by atoms with E-state index in [9.17, 15) is 4.39 Å². The van der Waals surface area contributed by atoms with Gasteiger partial charge >= 0.3 is 0 Å². The average molecular weight is 337 g/mol. The summed E-state index contributed by atoms with van der Waals surface area (Å²) in [5.74, 6) is -0.209. The second kappa shape index (κ2) is 6.95. The Morgan fingerprint density at radius 1 is 1.20 bits per heavy atom. The van der Waals surface area contributed by atoms with E-state index >= 15 is 0 Å². The van der Waals surface area contributed by atoms with Gasteiger partial charge in [0.1, 0.15) is 5.82 Å². The number of hydrogen-bond acceptors (Lipinski definition) is 2. The molecule has 106 valence electrons. The van der Waals surface area contributed by atoms with Gasteiger partial charge in [-0.1, -0.05) is 28.9 Å². The number of aromatic nitrogens is 1. The summed E-state index contributed by atoms with van der Waals surface area (Å²) in [6, 6.07) is 11.0. The summed E-state index contributed by atoms with van der Waals surface area (Å²) in [6.07, 6.45) is 0. The van der Waals surface area contributed by atoms with Crippen LogP contribution in [0.3, 0.4) is 0 Å². The third-order valence-corrected chi connectivity index (χ3v) is 3.57. The maximum Gasteiger partial charge on any atom is 0.124 e. The van der Waals surface area contributed by atoms with Crippen LogP contribution in [0.5, 0.6) is 0 Å². The summed E-state index contributed by atoms with van der Waals surface area (Å²) in [7, 11) is 0. The minimum absolute atomic E-state index is 0.209. The quantitative estimate of drug-likeness (QED) is 0.808. The van der Waals surface area contributed by atoms with Crippen molar-refractivity contribution in [1.82, 2.24) is 9.88 Å². The highest BCUT2D eigenvalue weighted by Gasteiger charge is 2.08. The monoisotopic (exact) mass is 336 g/mol. The number of hydrogen-bond donors (Lipinski definition) is 0. The predicted octanol–water partition coefficient (Wildman–Crippen LogP) is 4.31. The molecule has 0 amide bonds. The molecule has 4 heteroatoms. The lowest BCUT2D eigenvalue weighted by atomic mass is 10.2. The van der Waals surface area contributed by atoms with Crippen molar-refractivity contribution in [3.05, 3.63) is 63.6 Å². The van der Waals surface area contributed by atoms with Gasteiger partial charge in [0.05, 0.1) is 5.69 Å². The Kier molecular flexibility index (Phi) is 5.26. The fourth-order valence-electron chi connectivity index (χ4n) is 2.16. The molecule has 1 aromatic heterocycles. The van der Waals surface area contributed by atoms with Gasteiger partial charge in [0.2, 0.25) is 0 Å². The molecule has 1 aromatic carbocycles. The summed E-state index contributed by atoms with van der Waals surface area (Å²) in [5.41, 5.74) is 3.03. The van der Waals surface area contributed by atoms with Crippen molar-refractivity contribution in [2.45, 2.75) is 26.9 Å². The van der Waals surface area contributed by atoms with Crippen molar-refractivity contribution in [3.8, 4) is 0 Å². The smallest absolute Gasteiger partial charge is 0.124 e. The Morgan fingerprint density at radius 3 is 2.65 bits per heavy atom. The molecule has 0 bridgehead atoms. The summed E-state index contributed by atoms with van der Waals surface area (Å²) >= 11 is 3.33. The van der Waals surface area contributed by atoms with Gasteiger partial charge < -0.3 is 0 Å². The highest BCUT2D eigenvalue weighted by atomic mass is 79.9. The van der Waals surface area contributed by atoms with Gasteiger partial charge in [-0.2, -0.15) is 0 Å². The lowest BCUT2D eigenvalue weighted by Crippen LogP contribution is -2.23. The Morgan fingerprint density at radius 2 is 2.00 bits per heavy atom. The van der Waals surface area contributed by atoms with Gasteiger partial charge in [-0.05, 0) is 49.4 Å². The first-order valence-corrected chi connectivity index (χ1v) is 7.46. The van der Waals surface area contributed by atoms with Gasteiger partial charge in [-0.25, -0.2) is 4.39 Å². The zero-order valence-corrected chi connectivity index (χ0v) is 13.3. The molecule has 0 radical (unpaired) electrons. The van der Waals surface area contributed by atoms with Crippen LogP contribution in [0.4, 0.5) is 4.39 Å². The largest absolute Gasteiger partial charge is 0.294 e. The fourth-order valence-corrected chi connectivity index (χ4v) is 2.67. The molecule has 2 rings (SSSR count). The summed E-state index contributed by atoms with van der Waals surface area (Å²) < 4.78 is 14.2. The van der Waals surface area contributed by atoms with E-state index in [1.807, 2.05) is 31.2 Å². The topological polar surface area (TPSA) is 16.1 Å². The van der Waals surface area contributed by atoms with Crippen LogP contribution in [0.2, 0.25) is 0 Å². The molecule has 0 aliphatic carbocycles. The standard InChI is InChI=1S/C16H18BrFN2/c1-3-20(11-16-6-4-5-12(2)19-16)10-13-7-14(17)9-15(18)8-13/h4-9H,3,10-11H2,1-2H3. The Bertz CT molecular complexity index is 566. The van der Waals surface area contributed by atoms with E-state index in [1.54, 1.807) is 6.07 Å². The predicted molar refractivity (Wildman–Crippen MR) is 82.9 cm³/mol. The minimum atomic E-state index is -0.209. The molecule has 0 spiro atoms. The highest BCUT2D eigenvalue weighted by Crippen LogP contribution is 2.17. The van der Waals surface area contributed by atoms with Gasteiger partial charge in [0, 0.05) is 23.3 Å². The third-order valence-electron chi connectivity index (χ3n) is 3.11. The van der Waals surface area contributed by atoms with E-state index in [1.165, 1.54) is 6.07 Å². The molecule has 0 unspecified atom stereocenters. The maximum absolute atomic E-state index is 13.4. The second-order valence-corrected chi connectivity index (χ2v) is 5.77. The van der Waals surface area contributed by atoms with Crippen molar-refractivity contribution in [2.75, 3.05) is 6.54 Å². The van der Waals surface area contributed by atoms with Crippen LogP contribution < -0.4 is 0 Å². The van der Waals surface area contributed by atoms with Gasteiger partial charge in [-0.3, -0.25) is 9.88 Å². The Labute approximate surface area is 127 Å². The van der Waals surface area contributed by atoms with Crippen LogP contribution in [0.1, 0.15) is 23.9 Å². The van der Waals surface area contributed by atoms with Crippen LogP contribution in [-0.4, -0.2) is 16.4 Å². The van der Waals surface area contributed by atoms with Crippen LogP contribution in [0.15, 0.2) is 40.9 Å². The number of aryl methyl sites for hydroxylation is 1. The van der Waals surface area contributed by atoms with Crippen molar-refractivity contribution < 1.29 is 4.39 Å². The zero-order chi connectivity index (χ0) is 14.5. The van der Waals surface area contributed by atoms with Crippen LogP contribution in [0, 0.1) is 12.7 Å². The van der Waals surface area contributed by atoms with Crippen molar-refractivity contribution in [1.29, 1.82) is 0 Å². The van der Waals surface area contributed by atoms with E-state index in [-0.39, 0.29) is 5.82 Å². The molecule has 0 aliphatic rings. The molecule has 0 saturated heterocycles. The van der Waals surface area contributed by atoms with Gasteiger partial charge in [0.25, 0.3) is 0 Å². The van der Waals surface area contributed by atoms with Crippen molar-refractivity contribution in [3.63, 3.8) is 0 Å². The maximum atomic E-state index is 13.4. The number of rotatable bonds is 5. The van der Waals surface area contributed by atoms with Crippen molar-refractivity contribution in [2.24, 2.45) is 0 Å². The molecule has 0 saturated carbocycles. The number of halogens is 2. The molecule has 0 fully saturated rings. The molecule has 1 heterocycles. The number of benzene rings is 1. The first-order valence-electron chi connectivity index (χ1n) is 6.66. The van der Waals surface area contributed by atoms with Crippen LogP contribution >= 0.6 is 15.9 Å². The second-order valence-electron chi connectivity index (χ2n) is 4.85. The third kappa shape index (κ3) is 4.39. The molecular weight excluding hydrogens is 319 g/mol. The number of pyridine rings is 1. The average Bonchev–Trinajstić information content (AvgIpc) is 2.36. The molecule has 0 atom stereocenters. The molecular formula is C16H18BrFN2. The molecule has 0 aliphatic heterocycles. The fraction of sp³-hybridized carbons (Fsp3) is 0.312. The van der Waals surface area contributed by atoms with Crippen LogP contribution in [0.25, 0.3) is 0 Å². The van der Waals surface area contributed by atoms with Gasteiger partial charge in [-0.15, -0.1) is 0 Å². The lowest BCUT2D eigenvalue weighted by molar-refractivity contribution is 0.267. The van der Waals surface area contributed by atoms with Gasteiger partial charge in [0.15, 0.2) is 0 Å². The molecule has 2 aromatic rings. The Hall–Kier alpha value is -1.26. The molecule has 2 nitrogen and oxygen atoms in total. The summed E-state index contributed by atoms with van der Waals surface area (Å²) in [4.78, 5) is 6.75. The van der Waals surface area contributed by atoms with E-state index in [4.69, 9.17) is 0 Å². The van der Waals surface area contributed by atoms with Crippen LogP contribution in [-0.2, 0) is 13.1 Å². The highest BCUT2D eigenvalue weighted by molar-refractivity contribution is 9.10.